The number of nitrogen functional groups attached to an aromatic ring is 1. The number of rotatable bonds is 2. The van der Waals surface area contributed by atoms with Crippen LogP contribution in [0.2, 0.25) is 0 Å². The summed E-state index contributed by atoms with van der Waals surface area (Å²) in [6, 6.07) is 4.93. The molecule has 0 aromatic carbocycles. The van der Waals surface area contributed by atoms with Crippen molar-refractivity contribution in [2.75, 3.05) is 12.3 Å². The molecule has 3 rings (SSSR count). The molecule has 2 unspecified atom stereocenters. The minimum Gasteiger partial charge on any atom is -0.384 e. The van der Waals surface area contributed by atoms with Crippen molar-refractivity contribution in [2.45, 2.75) is 44.7 Å². The molecule has 17 heavy (non-hydrogen) atoms. The minimum atomic E-state index is 0.641. The maximum Gasteiger partial charge on any atom is 0.123 e. The Morgan fingerprint density at radius 3 is 3.06 bits per heavy atom. The van der Waals surface area contributed by atoms with Gasteiger partial charge in [0.1, 0.15) is 5.82 Å². The van der Waals surface area contributed by atoms with Gasteiger partial charge in [-0.1, -0.05) is 12.8 Å². The van der Waals surface area contributed by atoms with Crippen molar-refractivity contribution < 1.29 is 0 Å². The van der Waals surface area contributed by atoms with Crippen molar-refractivity contribution in [1.82, 2.24) is 9.88 Å². The topological polar surface area (TPSA) is 42.1 Å². The second-order valence-corrected chi connectivity index (χ2v) is 5.46. The highest BCUT2D eigenvalue weighted by molar-refractivity contribution is 5.31. The van der Waals surface area contributed by atoms with Crippen LogP contribution in [0.15, 0.2) is 18.3 Å². The lowest BCUT2D eigenvalue weighted by Gasteiger charge is -2.31. The van der Waals surface area contributed by atoms with Crippen molar-refractivity contribution in [3.05, 3.63) is 23.9 Å². The van der Waals surface area contributed by atoms with Crippen LogP contribution in [0.5, 0.6) is 0 Å². The average Bonchev–Trinajstić information content (AvgIpc) is 2.73. The number of nitrogens with two attached hydrogens (primary N) is 1. The normalized spacial score (nSPS) is 29.2. The number of likely N-dealkylation sites (tertiary alicyclic amines) is 1. The summed E-state index contributed by atoms with van der Waals surface area (Å²) in [4.78, 5) is 6.71. The van der Waals surface area contributed by atoms with Crippen molar-refractivity contribution in [3.8, 4) is 0 Å². The molecule has 1 aromatic heterocycles. The quantitative estimate of drug-likeness (QED) is 0.850. The third-order valence-corrected chi connectivity index (χ3v) is 4.36. The number of nitrogens with zero attached hydrogens (tertiary/aromatic N) is 2. The van der Waals surface area contributed by atoms with Gasteiger partial charge < -0.3 is 5.73 Å². The van der Waals surface area contributed by atoms with Crippen LogP contribution in [0.4, 0.5) is 5.82 Å². The molecule has 1 aromatic rings. The van der Waals surface area contributed by atoms with Crippen molar-refractivity contribution in [1.29, 1.82) is 0 Å². The van der Waals surface area contributed by atoms with Gasteiger partial charge in [-0.15, -0.1) is 0 Å². The summed E-state index contributed by atoms with van der Waals surface area (Å²) in [6.45, 7) is 2.31. The Labute approximate surface area is 103 Å². The summed E-state index contributed by atoms with van der Waals surface area (Å²) in [7, 11) is 0. The first-order valence-corrected chi connectivity index (χ1v) is 6.77. The lowest BCUT2D eigenvalue weighted by molar-refractivity contribution is 0.176. The molecular weight excluding hydrogens is 210 g/mol. The highest BCUT2D eigenvalue weighted by atomic mass is 15.2. The van der Waals surface area contributed by atoms with E-state index in [1.165, 1.54) is 44.2 Å². The summed E-state index contributed by atoms with van der Waals surface area (Å²) in [5.41, 5.74) is 7.04. The molecule has 1 aliphatic carbocycles. The van der Waals surface area contributed by atoms with E-state index in [0.29, 0.717) is 5.82 Å². The summed E-state index contributed by atoms with van der Waals surface area (Å²) in [5.74, 6) is 1.60. The van der Waals surface area contributed by atoms with Gasteiger partial charge in [0, 0.05) is 18.8 Å². The van der Waals surface area contributed by atoms with Crippen LogP contribution in [0.1, 0.15) is 37.7 Å². The molecule has 2 N–H and O–H groups in total. The summed E-state index contributed by atoms with van der Waals surface area (Å²) in [5, 5.41) is 0. The summed E-state index contributed by atoms with van der Waals surface area (Å²) in [6.07, 6.45) is 8.91. The third kappa shape index (κ3) is 2.29. The van der Waals surface area contributed by atoms with Gasteiger partial charge in [0.05, 0.1) is 0 Å². The first-order chi connectivity index (χ1) is 8.33. The molecular formula is C14H21N3. The summed E-state index contributed by atoms with van der Waals surface area (Å²) >= 11 is 0. The van der Waals surface area contributed by atoms with E-state index in [1.807, 2.05) is 12.3 Å². The fourth-order valence-electron chi connectivity index (χ4n) is 3.53. The van der Waals surface area contributed by atoms with E-state index < -0.39 is 0 Å². The van der Waals surface area contributed by atoms with Gasteiger partial charge in [0.2, 0.25) is 0 Å². The van der Waals surface area contributed by atoms with E-state index in [-0.39, 0.29) is 0 Å². The van der Waals surface area contributed by atoms with Crippen LogP contribution >= 0.6 is 0 Å². The van der Waals surface area contributed by atoms with Gasteiger partial charge in [0.15, 0.2) is 0 Å². The van der Waals surface area contributed by atoms with E-state index in [2.05, 4.69) is 16.0 Å². The van der Waals surface area contributed by atoms with E-state index in [0.717, 1.165) is 18.5 Å². The van der Waals surface area contributed by atoms with Crippen LogP contribution in [0.3, 0.4) is 0 Å². The fraction of sp³-hybridized carbons (Fsp3) is 0.643. The lowest BCUT2D eigenvalue weighted by atomic mass is 9.85. The Hall–Kier alpha value is -1.09. The Balaban J connectivity index is 1.69. The zero-order valence-electron chi connectivity index (χ0n) is 10.3. The molecule has 92 valence electrons. The second-order valence-electron chi connectivity index (χ2n) is 5.46. The molecule has 3 nitrogen and oxygen atoms in total. The van der Waals surface area contributed by atoms with Crippen LogP contribution in [0, 0.1) is 5.92 Å². The Kier molecular flexibility index (Phi) is 3.02. The molecule has 0 radical (unpaired) electrons. The smallest absolute Gasteiger partial charge is 0.123 e. The Morgan fingerprint density at radius 1 is 1.29 bits per heavy atom. The molecule has 2 heterocycles. The zero-order valence-corrected chi connectivity index (χ0v) is 10.3. The van der Waals surface area contributed by atoms with E-state index >= 15 is 0 Å². The molecule has 0 spiro atoms. The molecule has 0 bridgehead atoms. The molecule has 3 heteroatoms. The lowest BCUT2D eigenvalue weighted by Crippen LogP contribution is -2.34. The molecule has 0 amide bonds. The molecule has 1 saturated carbocycles. The van der Waals surface area contributed by atoms with Gasteiger partial charge in [-0.3, -0.25) is 4.90 Å². The van der Waals surface area contributed by atoms with Crippen molar-refractivity contribution in [2.24, 2.45) is 5.92 Å². The monoisotopic (exact) mass is 231 g/mol. The van der Waals surface area contributed by atoms with Crippen molar-refractivity contribution in [3.63, 3.8) is 0 Å². The van der Waals surface area contributed by atoms with Gasteiger partial charge in [-0.25, -0.2) is 4.98 Å². The van der Waals surface area contributed by atoms with Crippen LogP contribution in [-0.2, 0) is 6.54 Å². The second kappa shape index (κ2) is 4.65. The highest BCUT2D eigenvalue weighted by Crippen LogP contribution is 2.36. The maximum atomic E-state index is 5.74. The van der Waals surface area contributed by atoms with E-state index in [4.69, 9.17) is 5.73 Å². The predicted molar refractivity (Wildman–Crippen MR) is 69.4 cm³/mol. The number of anilines is 1. The number of hydrogen-bond acceptors (Lipinski definition) is 3. The van der Waals surface area contributed by atoms with Gasteiger partial charge >= 0.3 is 0 Å². The van der Waals surface area contributed by atoms with E-state index in [1.54, 1.807) is 0 Å². The highest BCUT2D eigenvalue weighted by Gasteiger charge is 2.35. The van der Waals surface area contributed by atoms with Crippen LogP contribution in [0.25, 0.3) is 0 Å². The first kappa shape index (κ1) is 11.0. The van der Waals surface area contributed by atoms with Crippen LogP contribution < -0.4 is 5.73 Å². The maximum absolute atomic E-state index is 5.74. The zero-order chi connectivity index (χ0) is 11.7. The SMILES string of the molecule is Nc1cc(CN2CCC3CCCCC32)ccn1. The molecule has 1 saturated heterocycles. The molecule has 2 fully saturated rings. The Morgan fingerprint density at radius 2 is 2.18 bits per heavy atom. The minimum absolute atomic E-state index is 0.641. The number of hydrogen-bond donors (Lipinski definition) is 1. The molecule has 2 aliphatic rings. The average molecular weight is 231 g/mol. The third-order valence-electron chi connectivity index (χ3n) is 4.36. The first-order valence-electron chi connectivity index (χ1n) is 6.77. The molecule has 1 aliphatic heterocycles. The van der Waals surface area contributed by atoms with Crippen LogP contribution in [-0.4, -0.2) is 22.5 Å². The molecule has 2 atom stereocenters. The largest absolute Gasteiger partial charge is 0.384 e. The number of pyridine rings is 1. The standard InChI is InChI=1S/C14H21N3/c15-14-9-11(5-7-16-14)10-17-8-6-12-3-1-2-4-13(12)17/h5,7,9,12-13H,1-4,6,8,10H2,(H2,15,16). The van der Waals surface area contributed by atoms with Gasteiger partial charge in [0.25, 0.3) is 0 Å². The van der Waals surface area contributed by atoms with E-state index in [9.17, 15) is 0 Å². The Bertz CT molecular complexity index is 391. The fourth-order valence-corrected chi connectivity index (χ4v) is 3.53. The number of fused-ring (bicyclic) bond motifs is 1. The number of aromatic nitrogens is 1. The van der Waals surface area contributed by atoms with Gasteiger partial charge in [-0.2, -0.15) is 0 Å². The van der Waals surface area contributed by atoms with Gasteiger partial charge in [-0.05, 0) is 49.4 Å². The predicted octanol–water partition coefficient (Wildman–Crippen LogP) is 2.43. The summed E-state index contributed by atoms with van der Waals surface area (Å²) < 4.78 is 0. The van der Waals surface area contributed by atoms with Crippen molar-refractivity contribution >= 4 is 5.82 Å².